The summed E-state index contributed by atoms with van der Waals surface area (Å²) in [7, 11) is 0. The molecule has 0 amide bonds. The summed E-state index contributed by atoms with van der Waals surface area (Å²) in [5.74, 6) is 2.19. The quantitative estimate of drug-likeness (QED) is 0.466. The Labute approximate surface area is 57.6 Å². The third-order valence-corrected chi connectivity index (χ3v) is 3.78. The molecule has 3 fully saturated rings. The van der Waals surface area contributed by atoms with Gasteiger partial charge in [-0.1, -0.05) is 20.3 Å². The van der Waals surface area contributed by atoms with Crippen molar-refractivity contribution in [3.8, 4) is 0 Å². The Bertz CT molecular complexity index is 108. The summed E-state index contributed by atoms with van der Waals surface area (Å²) in [6.07, 6.45) is 6.10. The molecule has 0 heterocycles. The highest BCUT2D eigenvalue weighted by molar-refractivity contribution is 4.99. The van der Waals surface area contributed by atoms with E-state index in [4.69, 9.17) is 0 Å². The Morgan fingerprint density at radius 2 is 1.67 bits per heavy atom. The average molecular weight is 124 g/mol. The SMILES string of the molecule is CC1(C)C2CCC[C@@H]1C2. The molecule has 3 saturated carbocycles. The van der Waals surface area contributed by atoms with Crippen LogP contribution in [0.5, 0.6) is 0 Å². The van der Waals surface area contributed by atoms with Gasteiger partial charge in [0.05, 0.1) is 0 Å². The highest BCUT2D eigenvalue weighted by atomic mass is 14.5. The van der Waals surface area contributed by atoms with Gasteiger partial charge in [-0.2, -0.15) is 0 Å². The van der Waals surface area contributed by atoms with Crippen molar-refractivity contribution in [2.24, 2.45) is 17.3 Å². The molecule has 0 nitrogen and oxygen atoms in total. The Morgan fingerprint density at radius 1 is 1.11 bits per heavy atom. The van der Waals surface area contributed by atoms with E-state index in [-0.39, 0.29) is 0 Å². The van der Waals surface area contributed by atoms with Crippen LogP contribution >= 0.6 is 0 Å². The normalized spacial score (nSPS) is 46.0. The van der Waals surface area contributed by atoms with Gasteiger partial charge in [0.25, 0.3) is 0 Å². The lowest BCUT2D eigenvalue weighted by atomic mass is 9.49. The molecule has 3 aliphatic carbocycles. The molecule has 9 heavy (non-hydrogen) atoms. The van der Waals surface area contributed by atoms with Crippen LogP contribution in [-0.2, 0) is 0 Å². The van der Waals surface area contributed by atoms with Gasteiger partial charge < -0.3 is 0 Å². The van der Waals surface area contributed by atoms with Gasteiger partial charge >= 0.3 is 0 Å². The van der Waals surface area contributed by atoms with Gasteiger partial charge in [0.1, 0.15) is 0 Å². The summed E-state index contributed by atoms with van der Waals surface area (Å²) in [6.45, 7) is 4.90. The van der Waals surface area contributed by atoms with E-state index in [9.17, 15) is 0 Å². The predicted octanol–water partition coefficient (Wildman–Crippen LogP) is 2.83. The maximum absolute atomic E-state index is 2.45. The largest absolute Gasteiger partial charge is 0.0594 e. The zero-order valence-corrected chi connectivity index (χ0v) is 6.48. The van der Waals surface area contributed by atoms with Gasteiger partial charge in [-0.15, -0.1) is 0 Å². The molecule has 0 N–H and O–H groups in total. The molecule has 2 bridgehead atoms. The highest BCUT2D eigenvalue weighted by Gasteiger charge is 2.49. The first kappa shape index (κ1) is 5.76. The molecular formula is C9H16. The molecule has 0 aromatic carbocycles. The summed E-state index contributed by atoms with van der Waals surface area (Å²) in [5, 5.41) is 0. The molecule has 3 aliphatic rings. The molecule has 0 saturated heterocycles. The van der Waals surface area contributed by atoms with Crippen LogP contribution in [0.2, 0.25) is 0 Å². The Balaban J connectivity index is 2.13. The highest BCUT2D eigenvalue weighted by Crippen LogP contribution is 2.58. The minimum absolute atomic E-state index is 0.734. The first-order chi connectivity index (χ1) is 4.21. The molecule has 0 aromatic rings. The standard InChI is InChI=1S/C9H16/c1-9(2)7-4-3-5-8(9)6-7/h7-8H,3-6H2,1-2H3/t7-,8?/m1/s1. The van der Waals surface area contributed by atoms with Crippen molar-refractivity contribution < 1.29 is 0 Å². The van der Waals surface area contributed by atoms with Crippen LogP contribution in [0.3, 0.4) is 0 Å². The van der Waals surface area contributed by atoms with Crippen molar-refractivity contribution in [2.75, 3.05) is 0 Å². The Kier molecular flexibility index (Phi) is 0.980. The molecule has 52 valence electrons. The monoisotopic (exact) mass is 124 g/mol. The lowest BCUT2D eigenvalue weighted by molar-refractivity contribution is -0.0646. The van der Waals surface area contributed by atoms with Crippen molar-refractivity contribution in [2.45, 2.75) is 39.5 Å². The van der Waals surface area contributed by atoms with Crippen LogP contribution in [0, 0.1) is 17.3 Å². The fourth-order valence-electron chi connectivity index (χ4n) is 2.71. The Morgan fingerprint density at radius 3 is 1.89 bits per heavy atom. The van der Waals surface area contributed by atoms with Crippen LogP contribution in [0.15, 0.2) is 0 Å². The molecule has 0 aliphatic heterocycles. The lowest BCUT2D eigenvalue weighted by Crippen LogP contribution is -2.47. The molecule has 0 heteroatoms. The van der Waals surface area contributed by atoms with E-state index in [1.165, 1.54) is 19.3 Å². The molecule has 0 aromatic heterocycles. The minimum Gasteiger partial charge on any atom is -0.0594 e. The summed E-state index contributed by atoms with van der Waals surface area (Å²) < 4.78 is 0. The van der Waals surface area contributed by atoms with Crippen LogP contribution in [0.4, 0.5) is 0 Å². The average Bonchev–Trinajstić information content (AvgIpc) is 1.89. The summed E-state index contributed by atoms with van der Waals surface area (Å²) in [5.41, 5.74) is 0.734. The van der Waals surface area contributed by atoms with Gasteiger partial charge in [0, 0.05) is 0 Å². The number of fused-ring (bicyclic) bond motifs is 2. The second kappa shape index (κ2) is 1.53. The number of rotatable bonds is 0. The van der Waals surface area contributed by atoms with Crippen molar-refractivity contribution in [1.82, 2.24) is 0 Å². The van der Waals surface area contributed by atoms with Gasteiger partial charge in [0.15, 0.2) is 0 Å². The third kappa shape index (κ3) is 0.595. The Hall–Kier alpha value is 0. The third-order valence-electron chi connectivity index (χ3n) is 3.78. The summed E-state index contributed by atoms with van der Waals surface area (Å²) in [4.78, 5) is 0. The molecule has 3 rings (SSSR count). The number of hydrogen-bond donors (Lipinski definition) is 0. The molecular weight excluding hydrogens is 108 g/mol. The van der Waals surface area contributed by atoms with E-state index in [2.05, 4.69) is 13.8 Å². The van der Waals surface area contributed by atoms with Crippen molar-refractivity contribution in [3.63, 3.8) is 0 Å². The van der Waals surface area contributed by atoms with E-state index >= 15 is 0 Å². The zero-order valence-electron chi connectivity index (χ0n) is 6.48. The molecule has 1 unspecified atom stereocenters. The van der Waals surface area contributed by atoms with E-state index in [1.54, 1.807) is 6.42 Å². The van der Waals surface area contributed by atoms with E-state index in [0.29, 0.717) is 0 Å². The van der Waals surface area contributed by atoms with Crippen molar-refractivity contribution in [3.05, 3.63) is 0 Å². The predicted molar refractivity (Wildman–Crippen MR) is 39.2 cm³/mol. The summed E-state index contributed by atoms with van der Waals surface area (Å²) >= 11 is 0. The van der Waals surface area contributed by atoms with Gasteiger partial charge in [-0.3, -0.25) is 0 Å². The topological polar surface area (TPSA) is 0 Å². The fourth-order valence-corrected chi connectivity index (χ4v) is 2.71. The van der Waals surface area contributed by atoms with Crippen molar-refractivity contribution >= 4 is 0 Å². The van der Waals surface area contributed by atoms with Crippen molar-refractivity contribution in [1.29, 1.82) is 0 Å². The second-order valence-corrected chi connectivity index (χ2v) is 4.38. The minimum atomic E-state index is 0.734. The van der Waals surface area contributed by atoms with Gasteiger partial charge in [0.2, 0.25) is 0 Å². The fraction of sp³-hybridized carbons (Fsp3) is 1.00. The van der Waals surface area contributed by atoms with Crippen LogP contribution < -0.4 is 0 Å². The van der Waals surface area contributed by atoms with Crippen LogP contribution in [-0.4, -0.2) is 0 Å². The maximum Gasteiger partial charge on any atom is -0.0297 e. The van der Waals surface area contributed by atoms with Crippen LogP contribution in [0.25, 0.3) is 0 Å². The molecule has 0 radical (unpaired) electrons. The lowest BCUT2D eigenvalue weighted by Gasteiger charge is -2.56. The molecule has 0 spiro atoms. The van der Waals surface area contributed by atoms with E-state index < -0.39 is 0 Å². The van der Waals surface area contributed by atoms with Crippen LogP contribution in [0.1, 0.15) is 39.5 Å². The smallest absolute Gasteiger partial charge is 0.0297 e. The zero-order chi connectivity index (χ0) is 6.48. The first-order valence-electron chi connectivity index (χ1n) is 4.21. The second-order valence-electron chi connectivity index (χ2n) is 4.38. The van der Waals surface area contributed by atoms with Gasteiger partial charge in [-0.05, 0) is 36.5 Å². The first-order valence-corrected chi connectivity index (χ1v) is 4.21. The van der Waals surface area contributed by atoms with Gasteiger partial charge in [-0.25, -0.2) is 0 Å². The summed E-state index contributed by atoms with van der Waals surface area (Å²) in [6, 6.07) is 0. The molecule has 2 atom stereocenters. The van der Waals surface area contributed by atoms with E-state index in [0.717, 1.165) is 17.3 Å². The number of hydrogen-bond acceptors (Lipinski definition) is 0. The maximum atomic E-state index is 2.45. The van der Waals surface area contributed by atoms with E-state index in [1.807, 2.05) is 0 Å².